The number of nitrogens with one attached hydrogen (secondary N) is 3. The Bertz CT molecular complexity index is 936. The highest BCUT2D eigenvalue weighted by molar-refractivity contribution is 5.90. The van der Waals surface area contributed by atoms with E-state index in [1.165, 1.54) is 6.21 Å². The molecule has 3 aromatic rings. The summed E-state index contributed by atoms with van der Waals surface area (Å²) in [5, 5.41) is 13.5. The molecule has 28 heavy (non-hydrogen) atoms. The Morgan fingerprint density at radius 3 is 2.46 bits per heavy atom. The zero-order chi connectivity index (χ0) is 19.6. The van der Waals surface area contributed by atoms with Crippen LogP contribution in [0.4, 0.5) is 0 Å². The van der Waals surface area contributed by atoms with Gasteiger partial charge >= 0.3 is 0 Å². The van der Waals surface area contributed by atoms with Gasteiger partial charge in [-0.05, 0) is 12.0 Å². The lowest BCUT2D eigenvalue weighted by atomic mass is 10.1. The van der Waals surface area contributed by atoms with Gasteiger partial charge in [-0.25, -0.2) is 5.43 Å². The summed E-state index contributed by atoms with van der Waals surface area (Å²) in [6, 6.07) is 19.4. The van der Waals surface area contributed by atoms with Crippen LogP contribution in [0.1, 0.15) is 17.5 Å². The molecule has 3 N–H and O–H groups in total. The Labute approximate surface area is 162 Å². The van der Waals surface area contributed by atoms with Crippen LogP contribution in [0.2, 0.25) is 0 Å². The van der Waals surface area contributed by atoms with Gasteiger partial charge < -0.3 is 5.32 Å². The molecule has 0 unspecified atom stereocenters. The average molecular weight is 375 g/mol. The van der Waals surface area contributed by atoms with Crippen molar-refractivity contribution in [2.45, 2.75) is 12.8 Å². The molecule has 1 aromatic heterocycles. The molecule has 2 aromatic carbocycles. The van der Waals surface area contributed by atoms with Crippen LogP contribution in [0.5, 0.6) is 0 Å². The average Bonchev–Trinajstić information content (AvgIpc) is 3.21. The summed E-state index contributed by atoms with van der Waals surface area (Å²) >= 11 is 0. The highest BCUT2D eigenvalue weighted by atomic mass is 16.2. The number of H-pyrrole nitrogens is 1. The van der Waals surface area contributed by atoms with E-state index in [9.17, 15) is 9.59 Å². The first-order valence-corrected chi connectivity index (χ1v) is 8.93. The lowest BCUT2D eigenvalue weighted by molar-refractivity contribution is -0.126. The molecule has 0 saturated carbocycles. The molecule has 0 atom stereocenters. The Hall–Kier alpha value is -3.74. The number of aromatic amines is 1. The van der Waals surface area contributed by atoms with Crippen molar-refractivity contribution in [1.29, 1.82) is 0 Å². The van der Waals surface area contributed by atoms with Gasteiger partial charge in [-0.15, -0.1) is 0 Å². The third kappa shape index (κ3) is 5.63. The fourth-order valence-corrected chi connectivity index (χ4v) is 2.61. The second kappa shape index (κ2) is 9.82. The molecule has 1 heterocycles. The molecule has 0 aliphatic heterocycles. The zero-order valence-electron chi connectivity index (χ0n) is 15.3. The van der Waals surface area contributed by atoms with Crippen LogP contribution in [0.25, 0.3) is 11.3 Å². The molecule has 142 valence electrons. The minimum absolute atomic E-state index is 0.123. The Kier molecular flexibility index (Phi) is 6.67. The van der Waals surface area contributed by atoms with Crippen molar-refractivity contribution in [2.75, 3.05) is 6.54 Å². The van der Waals surface area contributed by atoms with Crippen molar-refractivity contribution in [3.05, 3.63) is 78.0 Å². The van der Waals surface area contributed by atoms with E-state index in [4.69, 9.17) is 0 Å². The van der Waals surface area contributed by atoms with E-state index >= 15 is 0 Å². The van der Waals surface area contributed by atoms with Gasteiger partial charge in [-0.3, -0.25) is 14.7 Å². The fourth-order valence-electron chi connectivity index (χ4n) is 2.61. The number of hydrogen-bond acceptors (Lipinski definition) is 4. The normalized spacial score (nSPS) is 10.7. The second-order valence-corrected chi connectivity index (χ2v) is 6.12. The molecule has 0 spiro atoms. The quantitative estimate of drug-likeness (QED) is 0.416. The predicted octanol–water partition coefficient (Wildman–Crippen LogP) is 2.28. The van der Waals surface area contributed by atoms with Crippen molar-refractivity contribution in [3.63, 3.8) is 0 Å². The lowest BCUT2D eigenvalue weighted by Gasteiger charge is -2.04. The van der Waals surface area contributed by atoms with Gasteiger partial charge in [0.2, 0.25) is 5.91 Å². The molecule has 0 aliphatic rings. The number of hydrogen-bond donors (Lipinski definition) is 3. The van der Waals surface area contributed by atoms with Gasteiger partial charge in [0.1, 0.15) is 0 Å². The van der Waals surface area contributed by atoms with E-state index < -0.39 is 5.91 Å². The minimum atomic E-state index is -0.394. The standard InChI is InChI=1S/C21H21N5O2/c27-19(12-11-16-7-3-1-4-8-16)22-15-20(28)25-23-13-18-14-24-26-21(18)17-9-5-2-6-10-17/h1-10,13-14H,11-12,15H2,(H,22,27)(H,24,26)(H,25,28)/b23-13+. The first-order valence-electron chi connectivity index (χ1n) is 8.93. The minimum Gasteiger partial charge on any atom is -0.347 e. The van der Waals surface area contributed by atoms with Crippen LogP contribution in [0.3, 0.4) is 0 Å². The van der Waals surface area contributed by atoms with Gasteiger partial charge in [-0.1, -0.05) is 60.7 Å². The predicted molar refractivity (Wildman–Crippen MR) is 108 cm³/mol. The smallest absolute Gasteiger partial charge is 0.259 e. The molecule has 3 rings (SSSR count). The van der Waals surface area contributed by atoms with Crippen LogP contribution in [-0.2, 0) is 16.0 Å². The number of hydrazone groups is 1. The van der Waals surface area contributed by atoms with Crippen LogP contribution >= 0.6 is 0 Å². The molecule has 0 radical (unpaired) electrons. The third-order valence-corrected chi connectivity index (χ3v) is 4.05. The van der Waals surface area contributed by atoms with Gasteiger partial charge in [0, 0.05) is 17.5 Å². The maximum atomic E-state index is 11.8. The van der Waals surface area contributed by atoms with Crippen LogP contribution in [0, 0.1) is 0 Å². The number of benzene rings is 2. The summed E-state index contributed by atoms with van der Waals surface area (Å²) < 4.78 is 0. The summed E-state index contributed by atoms with van der Waals surface area (Å²) in [6.07, 6.45) is 4.11. The van der Waals surface area contributed by atoms with Crippen LogP contribution in [-0.4, -0.2) is 34.8 Å². The summed E-state index contributed by atoms with van der Waals surface area (Å²) in [4.78, 5) is 23.7. The first-order chi connectivity index (χ1) is 13.7. The SMILES string of the molecule is O=C(CCc1ccccc1)NCC(=O)N/N=C/c1cn[nH]c1-c1ccccc1. The molecule has 0 aliphatic carbocycles. The summed E-state index contributed by atoms with van der Waals surface area (Å²) in [7, 11) is 0. The summed E-state index contributed by atoms with van der Waals surface area (Å²) in [6.45, 7) is -0.123. The number of aromatic nitrogens is 2. The van der Waals surface area contributed by atoms with Crippen LogP contribution < -0.4 is 10.7 Å². The molecule has 2 amide bonds. The van der Waals surface area contributed by atoms with E-state index in [1.807, 2.05) is 60.7 Å². The topological polar surface area (TPSA) is 99.2 Å². The molecule has 7 nitrogen and oxygen atoms in total. The van der Waals surface area contributed by atoms with E-state index in [1.54, 1.807) is 6.20 Å². The van der Waals surface area contributed by atoms with E-state index in [0.717, 1.165) is 22.4 Å². The zero-order valence-corrected chi connectivity index (χ0v) is 15.3. The molecule has 0 saturated heterocycles. The molecular formula is C21H21N5O2. The van der Waals surface area contributed by atoms with Crippen molar-refractivity contribution in [3.8, 4) is 11.3 Å². The second-order valence-electron chi connectivity index (χ2n) is 6.12. The molecule has 0 bridgehead atoms. The molecule has 0 fully saturated rings. The van der Waals surface area contributed by atoms with Crippen molar-refractivity contribution in [1.82, 2.24) is 20.9 Å². The maximum Gasteiger partial charge on any atom is 0.259 e. The number of carbonyl (C=O) groups is 2. The monoisotopic (exact) mass is 375 g/mol. The highest BCUT2D eigenvalue weighted by Crippen LogP contribution is 2.18. The van der Waals surface area contributed by atoms with E-state index in [2.05, 4.69) is 26.0 Å². The maximum absolute atomic E-state index is 11.8. The van der Waals surface area contributed by atoms with Gasteiger partial charge in [0.25, 0.3) is 5.91 Å². The Morgan fingerprint density at radius 2 is 1.71 bits per heavy atom. The lowest BCUT2D eigenvalue weighted by Crippen LogP contribution is -2.35. The highest BCUT2D eigenvalue weighted by Gasteiger charge is 2.07. The van der Waals surface area contributed by atoms with Gasteiger partial charge in [0.05, 0.1) is 24.7 Å². The van der Waals surface area contributed by atoms with Gasteiger partial charge in [0.15, 0.2) is 0 Å². The molecular weight excluding hydrogens is 354 g/mol. The van der Waals surface area contributed by atoms with Crippen molar-refractivity contribution >= 4 is 18.0 Å². The fraction of sp³-hybridized carbons (Fsp3) is 0.143. The summed E-state index contributed by atoms with van der Waals surface area (Å²) in [5.74, 6) is -0.571. The Balaban J connectivity index is 1.42. The number of amides is 2. The third-order valence-electron chi connectivity index (χ3n) is 4.05. The number of aryl methyl sites for hydroxylation is 1. The largest absolute Gasteiger partial charge is 0.347 e. The Morgan fingerprint density at radius 1 is 1.00 bits per heavy atom. The van der Waals surface area contributed by atoms with E-state index in [0.29, 0.717) is 12.8 Å². The van der Waals surface area contributed by atoms with Gasteiger partial charge in [-0.2, -0.15) is 10.2 Å². The van der Waals surface area contributed by atoms with Crippen molar-refractivity contribution in [2.24, 2.45) is 5.10 Å². The van der Waals surface area contributed by atoms with Crippen molar-refractivity contribution < 1.29 is 9.59 Å². The molecule has 7 heteroatoms. The summed E-state index contributed by atoms with van der Waals surface area (Å²) in [5.41, 5.74) is 6.02. The number of carbonyl (C=O) groups excluding carboxylic acids is 2. The van der Waals surface area contributed by atoms with Crippen LogP contribution in [0.15, 0.2) is 72.0 Å². The number of nitrogens with zero attached hydrogens (tertiary/aromatic N) is 2. The van der Waals surface area contributed by atoms with E-state index in [-0.39, 0.29) is 12.5 Å². The first kappa shape index (κ1) is 19.0. The number of rotatable bonds is 8.